The van der Waals surface area contributed by atoms with Gasteiger partial charge < -0.3 is 9.88 Å². The minimum absolute atomic E-state index is 0.384. The highest BCUT2D eigenvalue weighted by Gasteiger charge is 2.17. The molecule has 5 nitrogen and oxygen atoms in total. The average Bonchev–Trinajstić information content (AvgIpc) is 2.60. The molecule has 0 spiro atoms. The number of imidazole rings is 1. The molecule has 0 radical (unpaired) electrons. The van der Waals surface area contributed by atoms with Crippen LogP contribution in [0.15, 0.2) is 18.3 Å². The molecule has 3 rings (SSSR count). The number of hydrogen-bond acceptors (Lipinski definition) is 4. The Kier molecular flexibility index (Phi) is 3.98. The molecule has 2 aromatic heterocycles. The lowest BCUT2D eigenvalue weighted by molar-refractivity contribution is 0.271. The highest BCUT2D eigenvalue weighted by molar-refractivity contribution is 5.71. The molecule has 1 aliphatic heterocycles. The van der Waals surface area contributed by atoms with E-state index in [2.05, 4.69) is 39.7 Å². The smallest absolute Gasteiger partial charge is 0.160 e. The zero-order chi connectivity index (χ0) is 13.9. The topological polar surface area (TPSA) is 46.0 Å². The van der Waals surface area contributed by atoms with E-state index in [1.165, 1.54) is 6.42 Å². The van der Waals surface area contributed by atoms with E-state index in [0.29, 0.717) is 6.04 Å². The molecular formula is C15H23N5. The number of fused-ring (bicyclic) bond motifs is 1. The Balaban J connectivity index is 1.91. The van der Waals surface area contributed by atoms with Crippen LogP contribution in [0.25, 0.3) is 11.2 Å². The van der Waals surface area contributed by atoms with Crippen LogP contribution in [0.1, 0.15) is 32.1 Å². The third-order valence-corrected chi connectivity index (χ3v) is 3.84. The number of hydrogen-bond donors (Lipinski definition) is 1. The van der Waals surface area contributed by atoms with Gasteiger partial charge in [0.2, 0.25) is 0 Å². The highest BCUT2D eigenvalue weighted by Crippen LogP contribution is 2.20. The van der Waals surface area contributed by atoms with Gasteiger partial charge >= 0.3 is 0 Å². The largest absolute Gasteiger partial charge is 0.315 e. The Labute approximate surface area is 120 Å². The van der Waals surface area contributed by atoms with E-state index in [1.807, 2.05) is 12.3 Å². The van der Waals surface area contributed by atoms with Crippen LogP contribution in [-0.2, 0) is 6.54 Å². The van der Waals surface area contributed by atoms with E-state index in [-0.39, 0.29) is 0 Å². The van der Waals surface area contributed by atoms with Crippen LogP contribution in [0.3, 0.4) is 0 Å². The Hall–Kier alpha value is -1.46. The third kappa shape index (κ3) is 2.69. The van der Waals surface area contributed by atoms with Gasteiger partial charge in [0.1, 0.15) is 11.3 Å². The Morgan fingerprint density at radius 3 is 3.05 bits per heavy atom. The zero-order valence-electron chi connectivity index (χ0n) is 12.3. The van der Waals surface area contributed by atoms with Crippen LogP contribution in [0, 0.1) is 0 Å². The van der Waals surface area contributed by atoms with E-state index >= 15 is 0 Å². The second kappa shape index (κ2) is 5.89. The molecule has 0 unspecified atom stereocenters. The number of aromatic nitrogens is 3. The molecule has 3 heterocycles. The maximum absolute atomic E-state index is 4.80. The van der Waals surface area contributed by atoms with Gasteiger partial charge in [0.05, 0.1) is 6.54 Å². The molecule has 5 heteroatoms. The molecule has 0 saturated carbocycles. The fraction of sp³-hybridized carbons (Fsp3) is 0.600. The molecule has 0 amide bonds. The van der Waals surface area contributed by atoms with Crippen LogP contribution in [0.2, 0.25) is 0 Å². The van der Waals surface area contributed by atoms with Gasteiger partial charge in [-0.3, -0.25) is 4.90 Å². The Morgan fingerprint density at radius 1 is 1.30 bits per heavy atom. The maximum Gasteiger partial charge on any atom is 0.160 e. The molecule has 108 valence electrons. The summed E-state index contributed by atoms with van der Waals surface area (Å²) in [7, 11) is 0. The molecule has 0 atom stereocenters. The van der Waals surface area contributed by atoms with Crippen molar-refractivity contribution in [2.75, 3.05) is 26.2 Å². The van der Waals surface area contributed by atoms with Crippen LogP contribution in [0.5, 0.6) is 0 Å². The van der Waals surface area contributed by atoms with Crippen molar-refractivity contribution in [2.45, 2.75) is 32.9 Å². The van der Waals surface area contributed by atoms with Crippen LogP contribution in [-0.4, -0.2) is 45.6 Å². The molecule has 1 aliphatic rings. The normalized spacial score (nSPS) is 17.8. The van der Waals surface area contributed by atoms with E-state index in [0.717, 1.165) is 49.7 Å². The summed E-state index contributed by atoms with van der Waals surface area (Å²) in [4.78, 5) is 11.8. The van der Waals surface area contributed by atoms with Crippen LogP contribution in [0.4, 0.5) is 0 Å². The van der Waals surface area contributed by atoms with Crippen molar-refractivity contribution < 1.29 is 0 Å². The van der Waals surface area contributed by atoms with E-state index in [1.54, 1.807) is 0 Å². The maximum atomic E-state index is 4.80. The molecule has 1 saturated heterocycles. The van der Waals surface area contributed by atoms with Crippen molar-refractivity contribution >= 4 is 11.2 Å². The first kappa shape index (κ1) is 13.5. The average molecular weight is 273 g/mol. The third-order valence-electron chi connectivity index (χ3n) is 3.84. The van der Waals surface area contributed by atoms with Gasteiger partial charge in [-0.1, -0.05) is 0 Å². The first-order chi connectivity index (χ1) is 9.75. The molecule has 0 bridgehead atoms. The zero-order valence-corrected chi connectivity index (χ0v) is 12.3. The van der Waals surface area contributed by atoms with Gasteiger partial charge in [-0.15, -0.1) is 0 Å². The summed E-state index contributed by atoms with van der Waals surface area (Å²) in [6.07, 6.45) is 3.06. The lowest BCUT2D eigenvalue weighted by Gasteiger charge is -2.20. The summed E-state index contributed by atoms with van der Waals surface area (Å²) < 4.78 is 2.27. The van der Waals surface area contributed by atoms with Crippen molar-refractivity contribution in [1.82, 2.24) is 24.8 Å². The SMILES string of the molecule is CC(C)n1c(CN2CCCNCC2)nc2cccnc21. The second-order valence-electron chi connectivity index (χ2n) is 5.72. The van der Waals surface area contributed by atoms with Gasteiger partial charge in [-0.05, 0) is 45.5 Å². The van der Waals surface area contributed by atoms with E-state index in [9.17, 15) is 0 Å². The summed E-state index contributed by atoms with van der Waals surface area (Å²) in [5.74, 6) is 1.13. The van der Waals surface area contributed by atoms with Crippen molar-refractivity contribution in [3.05, 3.63) is 24.2 Å². The highest BCUT2D eigenvalue weighted by atomic mass is 15.2. The van der Waals surface area contributed by atoms with Crippen LogP contribution >= 0.6 is 0 Å². The molecule has 1 fully saturated rings. The molecule has 2 aromatic rings. The van der Waals surface area contributed by atoms with E-state index in [4.69, 9.17) is 4.98 Å². The monoisotopic (exact) mass is 273 g/mol. The Bertz CT molecular complexity index is 567. The summed E-state index contributed by atoms with van der Waals surface area (Å²) >= 11 is 0. The molecule has 0 aliphatic carbocycles. The lowest BCUT2D eigenvalue weighted by atomic mass is 10.3. The number of nitrogens with zero attached hydrogens (tertiary/aromatic N) is 4. The first-order valence-corrected chi connectivity index (χ1v) is 7.50. The van der Waals surface area contributed by atoms with Crippen molar-refractivity contribution in [3.8, 4) is 0 Å². The second-order valence-corrected chi connectivity index (χ2v) is 5.72. The molecular weight excluding hydrogens is 250 g/mol. The van der Waals surface area contributed by atoms with Gasteiger partial charge in [-0.25, -0.2) is 9.97 Å². The fourth-order valence-electron chi connectivity index (χ4n) is 2.89. The summed E-state index contributed by atoms with van der Waals surface area (Å²) in [6, 6.07) is 4.39. The van der Waals surface area contributed by atoms with Gasteiger partial charge in [0.15, 0.2) is 5.65 Å². The van der Waals surface area contributed by atoms with Crippen molar-refractivity contribution in [1.29, 1.82) is 0 Å². The van der Waals surface area contributed by atoms with E-state index < -0.39 is 0 Å². The molecule has 1 N–H and O–H groups in total. The van der Waals surface area contributed by atoms with Gasteiger partial charge in [-0.2, -0.15) is 0 Å². The van der Waals surface area contributed by atoms with Crippen molar-refractivity contribution in [3.63, 3.8) is 0 Å². The quantitative estimate of drug-likeness (QED) is 0.926. The predicted molar refractivity (Wildman–Crippen MR) is 80.7 cm³/mol. The van der Waals surface area contributed by atoms with Gasteiger partial charge in [0, 0.05) is 25.3 Å². The van der Waals surface area contributed by atoms with Gasteiger partial charge in [0.25, 0.3) is 0 Å². The molecule has 0 aromatic carbocycles. The molecule has 20 heavy (non-hydrogen) atoms. The number of nitrogens with one attached hydrogen (secondary N) is 1. The minimum Gasteiger partial charge on any atom is -0.315 e. The van der Waals surface area contributed by atoms with Crippen molar-refractivity contribution in [2.24, 2.45) is 0 Å². The lowest BCUT2D eigenvalue weighted by Crippen LogP contribution is -2.29. The number of rotatable bonds is 3. The number of pyridine rings is 1. The summed E-state index contributed by atoms with van der Waals surface area (Å²) in [5.41, 5.74) is 2.01. The Morgan fingerprint density at radius 2 is 2.20 bits per heavy atom. The summed E-state index contributed by atoms with van der Waals surface area (Å²) in [6.45, 7) is 9.73. The predicted octanol–water partition coefficient (Wildman–Crippen LogP) is 1.81. The minimum atomic E-state index is 0.384. The van der Waals surface area contributed by atoms with Crippen LogP contribution < -0.4 is 5.32 Å². The summed E-state index contributed by atoms with van der Waals surface area (Å²) in [5, 5.41) is 3.45. The fourth-order valence-corrected chi connectivity index (χ4v) is 2.89. The first-order valence-electron chi connectivity index (χ1n) is 7.50. The standard InChI is InChI=1S/C15H23N5/c1-12(2)20-14(11-19-9-4-6-16-8-10-19)18-13-5-3-7-17-15(13)20/h3,5,7,12,16H,4,6,8-11H2,1-2H3.